The van der Waals surface area contributed by atoms with E-state index in [9.17, 15) is 4.39 Å². The molecule has 0 spiro atoms. The smallest absolute Gasteiger partial charge is 0.164 e. The Morgan fingerprint density at radius 2 is 2.05 bits per heavy atom. The molecule has 2 rings (SSSR count). The van der Waals surface area contributed by atoms with Crippen LogP contribution >= 0.6 is 22.6 Å². The Morgan fingerprint density at radius 1 is 1.37 bits per heavy atom. The molecule has 0 saturated heterocycles. The maximum Gasteiger partial charge on any atom is 0.164 e. The lowest BCUT2D eigenvalue weighted by atomic mass is 10.2. The van der Waals surface area contributed by atoms with Crippen LogP contribution in [0, 0.1) is 27.6 Å². The van der Waals surface area contributed by atoms with Gasteiger partial charge in [-0.25, -0.2) is 9.07 Å². The Kier molecular flexibility index (Phi) is 3.75. The highest BCUT2D eigenvalue weighted by atomic mass is 127. The summed E-state index contributed by atoms with van der Waals surface area (Å²) in [5.74, 6) is 0.381. The van der Waals surface area contributed by atoms with Crippen LogP contribution in [0.5, 0.6) is 0 Å². The maximum atomic E-state index is 13.5. The highest BCUT2D eigenvalue weighted by Crippen LogP contribution is 2.26. The molecule has 2 aromatic rings. The van der Waals surface area contributed by atoms with Gasteiger partial charge in [0.15, 0.2) is 5.82 Å². The number of halogens is 2. The summed E-state index contributed by atoms with van der Waals surface area (Å²) in [5, 5.41) is 13.3. The van der Waals surface area contributed by atoms with E-state index in [2.05, 4.69) is 27.7 Å². The minimum Gasteiger partial charge on any atom is -0.360 e. The quantitative estimate of drug-likeness (QED) is 0.764. The second kappa shape index (κ2) is 5.17. The first-order chi connectivity index (χ1) is 8.93. The summed E-state index contributed by atoms with van der Waals surface area (Å²) >= 11 is 2.21. The van der Waals surface area contributed by atoms with E-state index in [4.69, 9.17) is 5.26 Å². The van der Waals surface area contributed by atoms with Crippen LogP contribution in [-0.4, -0.2) is 23.9 Å². The lowest BCUT2D eigenvalue weighted by molar-refractivity contribution is 0.624. The number of aromatic nitrogens is 2. The second-order valence-corrected chi connectivity index (χ2v) is 5.42. The minimum atomic E-state index is -0.439. The third kappa shape index (κ3) is 2.56. The number of nitriles is 1. The molecular weight excluding hydrogens is 358 g/mol. The molecule has 19 heavy (non-hydrogen) atoms. The van der Waals surface area contributed by atoms with Crippen molar-refractivity contribution < 1.29 is 4.39 Å². The van der Waals surface area contributed by atoms with E-state index >= 15 is 0 Å². The number of nitrogens with zero attached hydrogens (tertiary/aromatic N) is 4. The van der Waals surface area contributed by atoms with Crippen molar-refractivity contribution in [1.82, 2.24) is 9.78 Å². The maximum absolute atomic E-state index is 13.5. The van der Waals surface area contributed by atoms with E-state index in [-0.39, 0.29) is 5.56 Å². The Bertz CT molecular complexity index is 670. The number of rotatable bonds is 2. The molecule has 0 aliphatic heterocycles. The fourth-order valence-electron chi connectivity index (χ4n) is 1.77. The van der Waals surface area contributed by atoms with Crippen LogP contribution in [0.1, 0.15) is 11.3 Å². The summed E-state index contributed by atoms with van der Waals surface area (Å²) in [6.45, 7) is 1.92. The van der Waals surface area contributed by atoms with Gasteiger partial charge >= 0.3 is 0 Å². The average Bonchev–Trinajstić information content (AvgIpc) is 2.66. The fraction of sp³-hybridized carbons (Fsp3) is 0.231. The second-order valence-electron chi connectivity index (χ2n) is 4.34. The zero-order valence-electron chi connectivity index (χ0n) is 10.8. The van der Waals surface area contributed by atoms with Crippen molar-refractivity contribution >= 4 is 28.4 Å². The fourth-order valence-corrected chi connectivity index (χ4v) is 2.59. The average molecular weight is 370 g/mol. The van der Waals surface area contributed by atoms with Crippen molar-refractivity contribution in [1.29, 1.82) is 5.26 Å². The number of benzene rings is 1. The summed E-state index contributed by atoms with van der Waals surface area (Å²) in [7, 11) is 3.81. The van der Waals surface area contributed by atoms with Gasteiger partial charge in [0, 0.05) is 14.1 Å². The first kappa shape index (κ1) is 13.8. The van der Waals surface area contributed by atoms with Crippen LogP contribution in [0.25, 0.3) is 5.69 Å². The van der Waals surface area contributed by atoms with E-state index < -0.39 is 5.82 Å². The molecule has 98 valence electrons. The SMILES string of the molecule is Cc1c(I)c(N(C)C)nn1-c1cc(F)cc(C#N)c1. The molecule has 0 radical (unpaired) electrons. The lowest BCUT2D eigenvalue weighted by Gasteiger charge is -2.08. The van der Waals surface area contributed by atoms with Crippen LogP contribution in [0.15, 0.2) is 18.2 Å². The van der Waals surface area contributed by atoms with Gasteiger partial charge in [-0.15, -0.1) is 5.10 Å². The van der Waals surface area contributed by atoms with Gasteiger partial charge in [0.05, 0.1) is 26.6 Å². The van der Waals surface area contributed by atoms with Gasteiger partial charge in [-0.2, -0.15) is 5.26 Å². The van der Waals surface area contributed by atoms with E-state index in [1.807, 2.05) is 32.0 Å². The molecule has 0 amide bonds. The Hall–Kier alpha value is -1.62. The van der Waals surface area contributed by atoms with E-state index in [0.29, 0.717) is 5.69 Å². The van der Waals surface area contributed by atoms with Gasteiger partial charge < -0.3 is 4.90 Å². The zero-order chi connectivity index (χ0) is 14.2. The van der Waals surface area contributed by atoms with Crippen LogP contribution < -0.4 is 4.90 Å². The van der Waals surface area contributed by atoms with Gasteiger partial charge in [0.25, 0.3) is 0 Å². The van der Waals surface area contributed by atoms with Crippen molar-refractivity contribution in [3.8, 4) is 11.8 Å². The standard InChI is InChI=1S/C13H12FIN4/c1-8-12(15)13(18(2)3)17-19(8)11-5-9(7-16)4-10(14)6-11/h4-6H,1-3H3. The largest absolute Gasteiger partial charge is 0.360 e. The molecule has 0 aliphatic rings. The van der Waals surface area contributed by atoms with Crippen LogP contribution in [-0.2, 0) is 0 Å². The highest BCUT2D eigenvalue weighted by molar-refractivity contribution is 14.1. The number of anilines is 1. The van der Waals surface area contributed by atoms with Gasteiger partial charge in [0.2, 0.25) is 0 Å². The number of hydrogen-bond donors (Lipinski definition) is 0. The number of hydrogen-bond acceptors (Lipinski definition) is 3. The molecule has 0 atom stereocenters. The first-order valence-corrected chi connectivity index (χ1v) is 6.65. The molecular formula is C13H12FIN4. The summed E-state index contributed by atoms with van der Waals surface area (Å²) in [6.07, 6.45) is 0. The van der Waals surface area contributed by atoms with Crippen molar-refractivity contribution in [3.63, 3.8) is 0 Å². The van der Waals surface area contributed by atoms with Crippen molar-refractivity contribution in [2.45, 2.75) is 6.92 Å². The predicted molar refractivity (Wildman–Crippen MR) is 80.0 cm³/mol. The van der Waals surface area contributed by atoms with E-state index in [0.717, 1.165) is 15.1 Å². The molecule has 0 fully saturated rings. The van der Waals surface area contributed by atoms with Crippen LogP contribution in [0.4, 0.5) is 10.2 Å². The third-order valence-corrected chi connectivity index (χ3v) is 3.97. The molecule has 1 heterocycles. The normalized spacial score (nSPS) is 10.3. The topological polar surface area (TPSA) is 44.9 Å². The molecule has 0 aliphatic carbocycles. The van der Waals surface area contributed by atoms with Gasteiger partial charge in [0.1, 0.15) is 5.82 Å². The van der Waals surface area contributed by atoms with Crippen molar-refractivity contribution in [3.05, 3.63) is 38.8 Å². The van der Waals surface area contributed by atoms with Gasteiger partial charge in [-0.05, 0) is 47.7 Å². The molecule has 0 N–H and O–H groups in total. The highest BCUT2D eigenvalue weighted by Gasteiger charge is 2.15. The van der Waals surface area contributed by atoms with Gasteiger partial charge in [-0.1, -0.05) is 0 Å². The van der Waals surface area contributed by atoms with Crippen LogP contribution in [0.2, 0.25) is 0 Å². The molecule has 6 heteroatoms. The Balaban J connectivity index is 2.63. The molecule has 4 nitrogen and oxygen atoms in total. The lowest BCUT2D eigenvalue weighted by Crippen LogP contribution is -2.11. The monoisotopic (exact) mass is 370 g/mol. The molecule has 1 aromatic carbocycles. The molecule has 0 saturated carbocycles. The summed E-state index contributed by atoms with van der Waals surface area (Å²) in [5.41, 5.74) is 1.75. The zero-order valence-corrected chi connectivity index (χ0v) is 12.9. The van der Waals surface area contributed by atoms with Crippen molar-refractivity contribution in [2.75, 3.05) is 19.0 Å². The Labute approximate surface area is 124 Å². The molecule has 1 aromatic heterocycles. The summed E-state index contributed by atoms with van der Waals surface area (Å²) in [4.78, 5) is 1.90. The molecule has 0 unspecified atom stereocenters. The Morgan fingerprint density at radius 3 is 2.58 bits per heavy atom. The first-order valence-electron chi connectivity index (χ1n) is 5.57. The van der Waals surface area contributed by atoms with E-state index in [1.165, 1.54) is 12.1 Å². The van der Waals surface area contributed by atoms with E-state index in [1.54, 1.807) is 10.7 Å². The predicted octanol–water partition coefficient (Wildman–Crippen LogP) is 2.86. The molecule has 0 bridgehead atoms. The van der Waals surface area contributed by atoms with Crippen LogP contribution in [0.3, 0.4) is 0 Å². The van der Waals surface area contributed by atoms with Gasteiger partial charge in [-0.3, -0.25) is 0 Å². The third-order valence-electron chi connectivity index (χ3n) is 2.71. The van der Waals surface area contributed by atoms with Crippen molar-refractivity contribution in [2.24, 2.45) is 0 Å². The summed E-state index contributed by atoms with van der Waals surface area (Å²) < 4.78 is 16.2. The summed E-state index contributed by atoms with van der Waals surface area (Å²) in [6, 6.07) is 6.15. The minimum absolute atomic E-state index is 0.284.